The lowest BCUT2D eigenvalue weighted by atomic mass is 9.85. The number of carbonyl (C=O) groups is 2. The smallest absolute Gasteiger partial charge is 0.295 e. The average molecular weight is 471 g/mol. The van der Waals surface area contributed by atoms with Gasteiger partial charge in [0.15, 0.2) is 0 Å². The first-order valence-electron chi connectivity index (χ1n) is 10.8. The van der Waals surface area contributed by atoms with Gasteiger partial charge in [-0.15, -0.1) is 0 Å². The SMILES string of the molecule is COc1ccc(/C(O)=C2\C(=O)C(=O)N(CCN(C)C)[C@@H]2c2ccc(C(C)(C)C)cc2)cc1Cl. The van der Waals surface area contributed by atoms with E-state index in [1.54, 1.807) is 12.1 Å². The van der Waals surface area contributed by atoms with Crippen molar-refractivity contribution in [2.24, 2.45) is 0 Å². The normalized spacial score (nSPS) is 18.3. The fraction of sp³-hybridized carbons (Fsp3) is 0.385. The molecule has 0 aromatic heterocycles. The van der Waals surface area contributed by atoms with Crippen molar-refractivity contribution in [3.8, 4) is 5.75 Å². The summed E-state index contributed by atoms with van der Waals surface area (Å²) in [6.07, 6.45) is 0. The lowest BCUT2D eigenvalue weighted by Crippen LogP contribution is -2.35. The highest BCUT2D eigenvalue weighted by atomic mass is 35.5. The van der Waals surface area contributed by atoms with Gasteiger partial charge >= 0.3 is 0 Å². The minimum Gasteiger partial charge on any atom is -0.507 e. The summed E-state index contributed by atoms with van der Waals surface area (Å²) < 4.78 is 5.18. The third-order valence-electron chi connectivity index (χ3n) is 5.85. The molecule has 6 nitrogen and oxygen atoms in total. The van der Waals surface area contributed by atoms with Crippen LogP contribution < -0.4 is 4.74 Å². The number of rotatable bonds is 6. The zero-order valence-corrected chi connectivity index (χ0v) is 20.7. The maximum Gasteiger partial charge on any atom is 0.295 e. The average Bonchev–Trinajstić information content (AvgIpc) is 3.01. The van der Waals surface area contributed by atoms with Crippen LogP contribution in [0.4, 0.5) is 0 Å². The molecular weight excluding hydrogens is 440 g/mol. The van der Waals surface area contributed by atoms with Gasteiger partial charge in [0, 0.05) is 18.7 Å². The number of halogens is 1. The number of aliphatic hydroxyl groups excluding tert-OH is 1. The molecule has 2 aromatic rings. The fourth-order valence-electron chi connectivity index (χ4n) is 3.90. The van der Waals surface area contributed by atoms with Crippen LogP contribution in [0.3, 0.4) is 0 Å². The van der Waals surface area contributed by atoms with E-state index in [1.165, 1.54) is 18.1 Å². The Morgan fingerprint density at radius 2 is 1.76 bits per heavy atom. The molecule has 7 heteroatoms. The molecule has 0 bridgehead atoms. The maximum absolute atomic E-state index is 13.1. The molecule has 1 N–H and O–H groups in total. The maximum atomic E-state index is 13.1. The lowest BCUT2D eigenvalue weighted by molar-refractivity contribution is -0.140. The molecule has 1 amide bonds. The number of aliphatic hydroxyl groups is 1. The van der Waals surface area contributed by atoms with Crippen LogP contribution in [-0.2, 0) is 15.0 Å². The molecule has 0 unspecified atom stereocenters. The molecule has 0 spiro atoms. The second-order valence-electron chi connectivity index (χ2n) is 9.52. The number of likely N-dealkylation sites (N-methyl/N-ethyl adjacent to an activating group) is 1. The van der Waals surface area contributed by atoms with Crippen molar-refractivity contribution in [1.82, 2.24) is 9.80 Å². The van der Waals surface area contributed by atoms with E-state index in [0.717, 1.165) is 11.1 Å². The zero-order valence-electron chi connectivity index (χ0n) is 20.0. The largest absolute Gasteiger partial charge is 0.507 e. The highest BCUT2D eigenvalue weighted by Crippen LogP contribution is 2.40. The van der Waals surface area contributed by atoms with Crippen molar-refractivity contribution < 1.29 is 19.4 Å². The molecule has 1 aliphatic heterocycles. The first-order chi connectivity index (χ1) is 15.5. The number of nitrogens with zero attached hydrogens (tertiary/aromatic N) is 2. The summed E-state index contributed by atoms with van der Waals surface area (Å²) in [6.45, 7) is 7.30. The van der Waals surface area contributed by atoms with Gasteiger partial charge < -0.3 is 19.6 Å². The van der Waals surface area contributed by atoms with Gasteiger partial charge in [-0.1, -0.05) is 56.6 Å². The molecule has 0 radical (unpaired) electrons. The number of ketones is 1. The van der Waals surface area contributed by atoms with Crippen molar-refractivity contribution in [1.29, 1.82) is 0 Å². The van der Waals surface area contributed by atoms with Crippen molar-refractivity contribution in [2.45, 2.75) is 32.2 Å². The number of carbonyl (C=O) groups excluding carboxylic acids is 2. The lowest BCUT2D eigenvalue weighted by Gasteiger charge is -2.27. The Labute approximate surface area is 200 Å². The Bertz CT molecular complexity index is 1080. The van der Waals surface area contributed by atoms with E-state index in [9.17, 15) is 14.7 Å². The van der Waals surface area contributed by atoms with Gasteiger partial charge in [-0.25, -0.2) is 0 Å². The van der Waals surface area contributed by atoms with E-state index in [0.29, 0.717) is 29.4 Å². The number of Topliss-reactive ketones (excluding diaryl/α,β-unsaturated/α-hetero) is 1. The van der Waals surface area contributed by atoms with Gasteiger partial charge in [-0.05, 0) is 48.8 Å². The highest BCUT2D eigenvalue weighted by Gasteiger charge is 2.46. The van der Waals surface area contributed by atoms with Crippen molar-refractivity contribution >= 4 is 29.1 Å². The van der Waals surface area contributed by atoms with Crippen molar-refractivity contribution in [3.63, 3.8) is 0 Å². The second kappa shape index (κ2) is 9.57. The first kappa shape index (κ1) is 24.8. The third kappa shape index (κ3) is 5.07. The van der Waals surface area contributed by atoms with Gasteiger partial charge in [0.1, 0.15) is 11.5 Å². The predicted molar refractivity (Wildman–Crippen MR) is 131 cm³/mol. The summed E-state index contributed by atoms with van der Waals surface area (Å²) in [5, 5.41) is 11.5. The zero-order chi connectivity index (χ0) is 24.5. The van der Waals surface area contributed by atoms with Crippen LogP contribution in [0.25, 0.3) is 5.76 Å². The number of hydrogen-bond acceptors (Lipinski definition) is 5. The molecule has 2 aromatic carbocycles. The summed E-state index contributed by atoms with van der Waals surface area (Å²) in [7, 11) is 5.31. The van der Waals surface area contributed by atoms with E-state index in [4.69, 9.17) is 16.3 Å². The van der Waals surface area contributed by atoms with E-state index in [-0.39, 0.29) is 16.7 Å². The number of likely N-dealkylation sites (tertiary alicyclic amines) is 1. The summed E-state index contributed by atoms with van der Waals surface area (Å²) in [5.74, 6) is -1.13. The number of benzene rings is 2. The van der Waals surface area contributed by atoms with Crippen LogP contribution in [0, 0.1) is 0 Å². The molecule has 3 rings (SSSR count). The first-order valence-corrected chi connectivity index (χ1v) is 11.2. The topological polar surface area (TPSA) is 70.1 Å². The number of amides is 1. The number of ether oxygens (including phenoxy) is 1. The Balaban J connectivity index is 2.15. The predicted octanol–water partition coefficient (Wildman–Crippen LogP) is 4.63. The summed E-state index contributed by atoms with van der Waals surface area (Å²) in [6, 6.07) is 11.9. The van der Waals surface area contributed by atoms with Gasteiger partial charge in [-0.3, -0.25) is 9.59 Å². The highest BCUT2D eigenvalue weighted by molar-refractivity contribution is 6.46. The molecular formula is C26H31ClN2O4. The minimum absolute atomic E-state index is 0.0366. The van der Waals surface area contributed by atoms with Gasteiger partial charge in [0.2, 0.25) is 0 Å². The van der Waals surface area contributed by atoms with Gasteiger partial charge in [0.25, 0.3) is 11.7 Å². The van der Waals surface area contributed by atoms with Crippen LogP contribution >= 0.6 is 11.6 Å². The summed E-state index contributed by atoms with van der Waals surface area (Å²) in [4.78, 5) is 29.6. The summed E-state index contributed by atoms with van der Waals surface area (Å²) in [5.41, 5.74) is 2.28. The minimum atomic E-state index is -0.705. The molecule has 0 aliphatic carbocycles. The van der Waals surface area contributed by atoms with E-state index < -0.39 is 17.7 Å². The monoisotopic (exact) mass is 470 g/mol. The van der Waals surface area contributed by atoms with Crippen molar-refractivity contribution in [3.05, 3.63) is 69.8 Å². The summed E-state index contributed by atoms with van der Waals surface area (Å²) >= 11 is 6.25. The molecule has 1 fully saturated rings. The molecule has 1 atom stereocenters. The molecule has 0 saturated carbocycles. The van der Waals surface area contributed by atoms with E-state index >= 15 is 0 Å². The van der Waals surface area contributed by atoms with Crippen LogP contribution in [0.15, 0.2) is 48.0 Å². The molecule has 176 valence electrons. The Hall–Kier alpha value is -2.83. The van der Waals surface area contributed by atoms with Crippen LogP contribution in [0.2, 0.25) is 5.02 Å². The Morgan fingerprint density at radius 1 is 1.12 bits per heavy atom. The van der Waals surface area contributed by atoms with E-state index in [2.05, 4.69) is 20.8 Å². The molecule has 1 aliphatic rings. The van der Waals surface area contributed by atoms with E-state index in [1.807, 2.05) is 43.3 Å². The number of hydrogen-bond donors (Lipinski definition) is 1. The third-order valence-corrected chi connectivity index (χ3v) is 6.14. The van der Waals surface area contributed by atoms with Gasteiger partial charge in [-0.2, -0.15) is 0 Å². The second-order valence-corrected chi connectivity index (χ2v) is 9.92. The van der Waals surface area contributed by atoms with Crippen LogP contribution in [0.1, 0.15) is 43.5 Å². The fourth-order valence-corrected chi connectivity index (χ4v) is 4.16. The van der Waals surface area contributed by atoms with Crippen molar-refractivity contribution in [2.75, 3.05) is 34.3 Å². The van der Waals surface area contributed by atoms with Crippen LogP contribution in [0.5, 0.6) is 5.75 Å². The molecule has 1 heterocycles. The number of methoxy groups -OCH3 is 1. The van der Waals surface area contributed by atoms with Crippen LogP contribution in [-0.4, -0.2) is 60.9 Å². The quantitative estimate of drug-likeness (QED) is 0.378. The standard InChI is InChI=1S/C26H31ClN2O4/c1-26(2,3)18-10-7-16(8-11-18)22-21(24(31)25(32)29(22)14-13-28(4)5)23(30)17-9-12-20(33-6)19(27)15-17/h7-12,15,22,30H,13-14H2,1-6H3/b23-21+/t22-/m1/s1. The molecule has 33 heavy (non-hydrogen) atoms. The van der Waals surface area contributed by atoms with Gasteiger partial charge in [0.05, 0.1) is 23.7 Å². The molecule has 1 saturated heterocycles. The Kier molecular flexibility index (Phi) is 7.20. The Morgan fingerprint density at radius 3 is 2.27 bits per heavy atom.